The van der Waals surface area contributed by atoms with Gasteiger partial charge in [-0.3, -0.25) is 9.69 Å². The number of nitrogens with zero attached hydrogens (tertiary/aromatic N) is 4. The predicted octanol–water partition coefficient (Wildman–Crippen LogP) is 4.85. The Balaban J connectivity index is 1.40. The van der Waals surface area contributed by atoms with E-state index < -0.39 is 62.9 Å². The Kier molecular flexibility index (Phi) is 10.0. The van der Waals surface area contributed by atoms with Gasteiger partial charge in [0.2, 0.25) is 15.9 Å². The molecule has 5 atom stereocenters. The Morgan fingerprint density at radius 2 is 1.81 bits per heavy atom. The molecule has 52 heavy (non-hydrogen) atoms. The average molecular weight is 734 g/mol. The van der Waals surface area contributed by atoms with Crippen LogP contribution in [0.1, 0.15) is 46.5 Å². The molecule has 6 rings (SSSR count). The minimum Gasteiger partial charge on any atom is -0.497 e. The molecular formula is C37H43N5O9S. The van der Waals surface area contributed by atoms with Crippen molar-refractivity contribution in [3.63, 3.8) is 0 Å². The fourth-order valence-electron chi connectivity index (χ4n) is 6.65. The highest BCUT2D eigenvalue weighted by Crippen LogP contribution is 2.40. The van der Waals surface area contributed by atoms with Gasteiger partial charge in [0.1, 0.15) is 36.0 Å². The number of imide groups is 1. The van der Waals surface area contributed by atoms with E-state index in [1.165, 1.54) is 5.01 Å². The molecule has 2 aliphatic carbocycles. The molecule has 0 spiro atoms. The van der Waals surface area contributed by atoms with Crippen LogP contribution in [0, 0.1) is 11.3 Å². The van der Waals surface area contributed by atoms with Crippen LogP contribution in [0.2, 0.25) is 0 Å². The molecule has 3 aliphatic rings. The number of aldehydes is 1. The average Bonchev–Trinajstić information content (AvgIpc) is 4.04. The van der Waals surface area contributed by atoms with Gasteiger partial charge in [0.25, 0.3) is 0 Å². The number of sulfonamides is 1. The summed E-state index contributed by atoms with van der Waals surface area (Å²) in [6, 6.07) is 12.2. The highest BCUT2D eigenvalue weighted by Gasteiger charge is 2.54. The number of carboxylic acid groups (broad SMARTS) is 1. The molecule has 1 aromatic heterocycles. The van der Waals surface area contributed by atoms with Crippen molar-refractivity contribution in [3.8, 4) is 22.8 Å². The summed E-state index contributed by atoms with van der Waals surface area (Å²) in [6.45, 7) is 8.73. The number of pyridine rings is 1. The quantitative estimate of drug-likeness (QED) is 0.192. The summed E-state index contributed by atoms with van der Waals surface area (Å²) in [5.41, 5.74) is 1.10. The van der Waals surface area contributed by atoms with Crippen LogP contribution in [0.25, 0.3) is 22.2 Å². The van der Waals surface area contributed by atoms with Crippen molar-refractivity contribution in [2.24, 2.45) is 11.3 Å². The first-order valence-electron chi connectivity index (χ1n) is 17.1. The first-order valence-corrected chi connectivity index (χ1v) is 18.7. The minimum atomic E-state index is -4.03. The Bertz CT molecular complexity index is 2000. The molecule has 3 aromatic rings. The molecule has 14 nitrogen and oxygen atoms in total. The van der Waals surface area contributed by atoms with Crippen LogP contribution < -0.4 is 14.2 Å². The SMILES string of the molecule is C=CC1CC1N(C(=O)NS(=O)(=O)C1CC1)C(=O)[C@@H]1C[C@@H](Oc2cc(-c3ccccc3)nc3cc(OC)ccc23)CN1N(C(=O)O)[C@H](C=O)C(C)(C)C. The summed E-state index contributed by atoms with van der Waals surface area (Å²) >= 11 is 0. The Hall–Kier alpha value is -5.02. The first-order chi connectivity index (χ1) is 24.7. The maximum atomic E-state index is 14.6. The van der Waals surface area contributed by atoms with E-state index >= 15 is 0 Å². The van der Waals surface area contributed by atoms with E-state index in [-0.39, 0.29) is 18.9 Å². The van der Waals surface area contributed by atoms with E-state index in [0.717, 1.165) is 15.5 Å². The Morgan fingerprint density at radius 1 is 1.10 bits per heavy atom. The lowest BCUT2D eigenvalue weighted by Gasteiger charge is -2.42. The third kappa shape index (κ3) is 7.46. The standard InChI is InChI=1S/C37H43N5O9S/c1-6-22-16-30(22)41(35(45)39-52(48,49)26-13-14-26)34(44)31-18-25(20-40(31)42(36(46)47)33(21-43)37(2,3)4)51-32-19-28(23-10-8-7-9-11-23)38-29-17-24(50-5)12-15-27(29)32/h6-12,15,17,19,21-22,25-26,30-31,33H,1,13-14,16,18,20H2,2-5H3,(H,39,45)(H,46,47)/t22?,25-,30?,31+,33-/m1/s1. The molecule has 2 aromatic carbocycles. The number of fused-ring (bicyclic) bond motifs is 1. The molecular weight excluding hydrogens is 691 g/mol. The zero-order valence-corrected chi connectivity index (χ0v) is 30.3. The normalized spacial score (nSPS) is 22.2. The van der Waals surface area contributed by atoms with Gasteiger partial charge in [-0.15, -0.1) is 6.58 Å². The van der Waals surface area contributed by atoms with Crippen molar-refractivity contribution in [1.82, 2.24) is 24.6 Å². The van der Waals surface area contributed by atoms with Gasteiger partial charge in [0.15, 0.2) is 0 Å². The third-order valence-electron chi connectivity index (χ3n) is 9.70. The van der Waals surface area contributed by atoms with E-state index in [9.17, 15) is 32.7 Å². The topological polar surface area (TPSA) is 176 Å². The molecule has 1 saturated heterocycles. The van der Waals surface area contributed by atoms with Crippen LogP contribution in [0.4, 0.5) is 9.59 Å². The van der Waals surface area contributed by atoms with Crippen LogP contribution in [0.3, 0.4) is 0 Å². The molecule has 2 N–H and O–H groups in total. The largest absolute Gasteiger partial charge is 0.497 e. The molecule has 1 aliphatic heterocycles. The highest BCUT2D eigenvalue weighted by atomic mass is 32.2. The van der Waals surface area contributed by atoms with Gasteiger partial charge >= 0.3 is 12.1 Å². The second kappa shape index (κ2) is 14.2. The number of hydrogen-bond acceptors (Lipinski definition) is 10. The highest BCUT2D eigenvalue weighted by molar-refractivity contribution is 7.90. The number of aromatic nitrogens is 1. The number of amides is 4. The van der Waals surface area contributed by atoms with Crippen molar-refractivity contribution >= 4 is 45.2 Å². The van der Waals surface area contributed by atoms with Gasteiger partial charge in [0.05, 0.1) is 30.1 Å². The van der Waals surface area contributed by atoms with Gasteiger partial charge in [-0.05, 0) is 42.7 Å². The fourth-order valence-corrected chi connectivity index (χ4v) is 7.91. The van der Waals surface area contributed by atoms with Crippen LogP contribution in [-0.2, 0) is 19.6 Å². The van der Waals surface area contributed by atoms with Gasteiger partial charge in [-0.2, -0.15) is 5.01 Å². The number of ether oxygens (including phenoxy) is 2. The van der Waals surface area contributed by atoms with Gasteiger partial charge in [-0.1, -0.05) is 57.2 Å². The van der Waals surface area contributed by atoms with Crippen LogP contribution in [0.15, 0.2) is 67.3 Å². The first kappa shape index (κ1) is 36.8. The number of urea groups is 1. The molecule has 2 unspecified atom stereocenters. The van der Waals surface area contributed by atoms with Gasteiger partial charge in [0, 0.05) is 35.5 Å². The number of carbonyl (C=O) groups is 4. The van der Waals surface area contributed by atoms with Crippen molar-refractivity contribution in [2.45, 2.75) is 75.9 Å². The summed E-state index contributed by atoms with van der Waals surface area (Å²) in [7, 11) is -2.48. The molecule has 3 fully saturated rings. The lowest BCUT2D eigenvalue weighted by molar-refractivity contribution is -0.146. The number of hydrogen-bond donors (Lipinski definition) is 2. The maximum Gasteiger partial charge on any atom is 0.422 e. The summed E-state index contributed by atoms with van der Waals surface area (Å²) in [5, 5.41) is 12.6. The number of nitrogens with one attached hydrogen (secondary N) is 1. The number of hydrazine groups is 1. The second-order valence-corrected chi connectivity index (χ2v) is 16.5. The predicted molar refractivity (Wildman–Crippen MR) is 192 cm³/mol. The molecule has 2 saturated carbocycles. The number of rotatable bonds is 12. The summed E-state index contributed by atoms with van der Waals surface area (Å²) in [5.74, 6) is -0.103. The van der Waals surface area contributed by atoms with Crippen LogP contribution >= 0.6 is 0 Å². The lowest BCUT2D eigenvalue weighted by Crippen LogP contribution is -2.62. The van der Waals surface area contributed by atoms with E-state index in [2.05, 4.69) is 11.3 Å². The van der Waals surface area contributed by atoms with Crippen LogP contribution in [0.5, 0.6) is 11.5 Å². The molecule has 15 heteroatoms. The summed E-state index contributed by atoms with van der Waals surface area (Å²) < 4.78 is 39.8. The number of methoxy groups -OCH3 is 1. The summed E-state index contributed by atoms with van der Waals surface area (Å²) in [4.78, 5) is 59.5. The van der Waals surface area contributed by atoms with Gasteiger partial charge < -0.3 is 19.4 Å². The monoisotopic (exact) mass is 733 g/mol. The molecule has 4 amide bonds. The molecule has 2 heterocycles. The summed E-state index contributed by atoms with van der Waals surface area (Å²) in [6.07, 6.45) is 0.877. The fraction of sp³-hybridized carbons (Fsp3) is 0.432. The van der Waals surface area contributed by atoms with E-state index in [1.807, 2.05) is 30.3 Å². The van der Waals surface area contributed by atoms with Crippen molar-refractivity contribution in [2.75, 3.05) is 13.7 Å². The minimum absolute atomic E-state index is 0.0936. The van der Waals surface area contributed by atoms with Crippen LogP contribution in [-0.4, -0.2) is 101 Å². The molecule has 276 valence electrons. The Morgan fingerprint density at radius 3 is 2.38 bits per heavy atom. The third-order valence-corrected chi connectivity index (χ3v) is 11.5. The second-order valence-electron chi connectivity index (χ2n) is 14.5. The Labute approximate surface area is 302 Å². The lowest BCUT2D eigenvalue weighted by atomic mass is 9.87. The number of carbonyl (C=O) groups excluding carboxylic acids is 3. The van der Waals surface area contributed by atoms with Crippen molar-refractivity contribution in [1.29, 1.82) is 0 Å². The maximum absolute atomic E-state index is 14.6. The van der Waals surface area contributed by atoms with E-state index in [4.69, 9.17) is 14.5 Å². The molecule has 0 bridgehead atoms. The van der Waals surface area contributed by atoms with Crippen molar-refractivity contribution in [3.05, 3.63) is 67.3 Å². The van der Waals surface area contributed by atoms with E-state index in [0.29, 0.717) is 53.6 Å². The zero-order valence-electron chi connectivity index (χ0n) is 29.5. The van der Waals surface area contributed by atoms with Gasteiger partial charge in [-0.25, -0.2) is 32.7 Å². The number of benzene rings is 2. The van der Waals surface area contributed by atoms with E-state index in [1.54, 1.807) is 58.2 Å². The zero-order chi connectivity index (χ0) is 37.5. The van der Waals surface area contributed by atoms with Crippen molar-refractivity contribution < 1.29 is 42.2 Å². The molecule has 0 radical (unpaired) electrons. The smallest absolute Gasteiger partial charge is 0.422 e.